The van der Waals surface area contributed by atoms with Crippen LogP contribution in [0.3, 0.4) is 0 Å². The average molecular weight is 291 g/mol. The van der Waals surface area contributed by atoms with Crippen molar-refractivity contribution in [3.63, 3.8) is 0 Å². The van der Waals surface area contributed by atoms with Gasteiger partial charge in [-0.2, -0.15) is 4.98 Å². The zero-order valence-corrected chi connectivity index (χ0v) is 12.3. The van der Waals surface area contributed by atoms with Crippen LogP contribution in [0, 0.1) is 0 Å². The van der Waals surface area contributed by atoms with Crippen LogP contribution < -0.4 is 10.2 Å². The molecule has 0 atom stereocenters. The zero-order chi connectivity index (χ0) is 15.2. The summed E-state index contributed by atoms with van der Waals surface area (Å²) in [5, 5.41) is 3.23. The van der Waals surface area contributed by atoms with E-state index in [1.807, 2.05) is 60.5 Å². The summed E-state index contributed by atoms with van der Waals surface area (Å²) >= 11 is 0. The maximum absolute atomic E-state index is 4.55. The summed E-state index contributed by atoms with van der Waals surface area (Å²) in [6, 6.07) is 15.9. The van der Waals surface area contributed by atoms with Gasteiger partial charge in [-0.3, -0.25) is 4.98 Å². The first-order valence-corrected chi connectivity index (χ1v) is 7.07. The molecule has 110 valence electrons. The molecule has 0 aliphatic carbocycles. The molecule has 1 aromatic carbocycles. The smallest absolute Gasteiger partial charge is 0.224 e. The monoisotopic (exact) mass is 291 g/mol. The highest BCUT2D eigenvalue weighted by Crippen LogP contribution is 2.21. The van der Waals surface area contributed by atoms with Crippen LogP contribution in [-0.4, -0.2) is 22.0 Å². The standard InChI is InChI=1S/C17H17N5/c1-22(15-5-3-2-4-6-15)16-9-12-19-17(21-16)20-13-14-7-10-18-11-8-14/h2-12H,13H2,1H3,(H,19,20,21). The fraction of sp³-hybridized carbons (Fsp3) is 0.118. The van der Waals surface area contributed by atoms with Gasteiger partial charge in [-0.05, 0) is 35.9 Å². The molecule has 22 heavy (non-hydrogen) atoms. The topological polar surface area (TPSA) is 53.9 Å². The van der Waals surface area contributed by atoms with Crippen LogP contribution in [-0.2, 0) is 6.54 Å². The highest BCUT2D eigenvalue weighted by molar-refractivity contribution is 5.59. The second kappa shape index (κ2) is 6.67. The molecule has 2 aromatic heterocycles. The van der Waals surface area contributed by atoms with Gasteiger partial charge >= 0.3 is 0 Å². The van der Waals surface area contributed by atoms with E-state index in [-0.39, 0.29) is 0 Å². The van der Waals surface area contributed by atoms with Crippen LogP contribution in [0.2, 0.25) is 0 Å². The number of nitrogens with zero attached hydrogens (tertiary/aromatic N) is 4. The molecular weight excluding hydrogens is 274 g/mol. The lowest BCUT2D eigenvalue weighted by Crippen LogP contribution is -2.13. The maximum atomic E-state index is 4.55. The van der Waals surface area contributed by atoms with E-state index in [0.29, 0.717) is 12.5 Å². The van der Waals surface area contributed by atoms with Gasteiger partial charge in [0.2, 0.25) is 5.95 Å². The molecule has 0 spiro atoms. The van der Waals surface area contributed by atoms with Gasteiger partial charge in [-0.25, -0.2) is 4.98 Å². The van der Waals surface area contributed by atoms with Gasteiger partial charge in [0.1, 0.15) is 5.82 Å². The third-order valence-corrected chi connectivity index (χ3v) is 3.33. The Bertz CT molecular complexity index is 715. The molecule has 0 amide bonds. The van der Waals surface area contributed by atoms with Gasteiger partial charge in [0.15, 0.2) is 0 Å². The summed E-state index contributed by atoms with van der Waals surface area (Å²) in [4.78, 5) is 14.9. The zero-order valence-electron chi connectivity index (χ0n) is 12.3. The van der Waals surface area contributed by atoms with Gasteiger partial charge in [0, 0.05) is 37.9 Å². The van der Waals surface area contributed by atoms with E-state index in [9.17, 15) is 0 Å². The number of nitrogens with one attached hydrogen (secondary N) is 1. The van der Waals surface area contributed by atoms with Crippen molar-refractivity contribution in [3.05, 3.63) is 72.7 Å². The minimum absolute atomic E-state index is 0.608. The lowest BCUT2D eigenvalue weighted by molar-refractivity contribution is 1.02. The Labute approximate surface area is 129 Å². The van der Waals surface area contributed by atoms with Gasteiger partial charge in [0.05, 0.1) is 0 Å². The van der Waals surface area contributed by atoms with Crippen LogP contribution >= 0.6 is 0 Å². The molecule has 0 saturated carbocycles. The van der Waals surface area contributed by atoms with E-state index in [1.165, 1.54) is 0 Å². The van der Waals surface area contributed by atoms with Crippen molar-refractivity contribution in [1.29, 1.82) is 0 Å². The van der Waals surface area contributed by atoms with E-state index in [4.69, 9.17) is 0 Å². The first-order valence-electron chi connectivity index (χ1n) is 7.07. The number of para-hydroxylation sites is 1. The normalized spacial score (nSPS) is 10.2. The molecule has 0 aliphatic heterocycles. The molecule has 1 N–H and O–H groups in total. The lowest BCUT2D eigenvalue weighted by atomic mass is 10.3. The van der Waals surface area contributed by atoms with Gasteiger partial charge in [-0.1, -0.05) is 18.2 Å². The van der Waals surface area contributed by atoms with Crippen LogP contribution in [0.5, 0.6) is 0 Å². The first-order chi connectivity index (χ1) is 10.8. The number of anilines is 3. The summed E-state index contributed by atoms with van der Waals surface area (Å²) in [6.07, 6.45) is 5.31. The molecule has 0 bridgehead atoms. The molecule has 0 unspecified atom stereocenters. The van der Waals surface area contributed by atoms with E-state index < -0.39 is 0 Å². The number of aromatic nitrogens is 3. The molecule has 0 aliphatic rings. The Morgan fingerprint density at radius 1 is 0.955 bits per heavy atom. The van der Waals surface area contributed by atoms with Gasteiger partial charge < -0.3 is 10.2 Å². The molecule has 5 heteroatoms. The van der Waals surface area contributed by atoms with Crippen molar-refractivity contribution < 1.29 is 0 Å². The SMILES string of the molecule is CN(c1ccccc1)c1ccnc(NCc2ccncc2)n1. The number of hydrogen-bond donors (Lipinski definition) is 1. The molecule has 0 saturated heterocycles. The molecule has 0 fully saturated rings. The Hall–Kier alpha value is -2.95. The summed E-state index contributed by atoms with van der Waals surface area (Å²) in [7, 11) is 1.99. The molecular formula is C17H17N5. The second-order valence-electron chi connectivity index (χ2n) is 4.84. The molecule has 3 aromatic rings. The van der Waals surface area contributed by atoms with Crippen LogP contribution in [0.15, 0.2) is 67.1 Å². The summed E-state index contributed by atoms with van der Waals surface area (Å²) in [5.41, 5.74) is 2.22. The highest BCUT2D eigenvalue weighted by Gasteiger charge is 2.06. The third-order valence-electron chi connectivity index (χ3n) is 3.33. The minimum Gasteiger partial charge on any atom is -0.350 e. The van der Waals surface area contributed by atoms with E-state index in [2.05, 4.69) is 20.3 Å². The molecule has 2 heterocycles. The minimum atomic E-state index is 0.608. The van der Waals surface area contributed by atoms with E-state index >= 15 is 0 Å². The Morgan fingerprint density at radius 3 is 2.50 bits per heavy atom. The molecule has 5 nitrogen and oxygen atoms in total. The highest BCUT2D eigenvalue weighted by atomic mass is 15.2. The van der Waals surface area contributed by atoms with Crippen molar-refractivity contribution in [1.82, 2.24) is 15.0 Å². The van der Waals surface area contributed by atoms with Crippen molar-refractivity contribution in [3.8, 4) is 0 Å². The third kappa shape index (κ3) is 3.38. The van der Waals surface area contributed by atoms with Crippen LogP contribution in [0.25, 0.3) is 0 Å². The fourth-order valence-electron chi connectivity index (χ4n) is 2.09. The predicted molar refractivity (Wildman–Crippen MR) is 88.1 cm³/mol. The predicted octanol–water partition coefficient (Wildman–Crippen LogP) is 3.25. The van der Waals surface area contributed by atoms with Gasteiger partial charge in [0.25, 0.3) is 0 Å². The second-order valence-corrected chi connectivity index (χ2v) is 4.84. The molecule has 0 radical (unpaired) electrons. The Balaban J connectivity index is 1.72. The fourth-order valence-corrected chi connectivity index (χ4v) is 2.09. The number of pyridine rings is 1. The maximum Gasteiger partial charge on any atom is 0.224 e. The summed E-state index contributed by atoms with van der Waals surface area (Å²) in [6.45, 7) is 0.668. The van der Waals surface area contributed by atoms with Crippen LogP contribution in [0.4, 0.5) is 17.5 Å². The van der Waals surface area contributed by atoms with Crippen molar-refractivity contribution >= 4 is 17.5 Å². The largest absolute Gasteiger partial charge is 0.350 e. The van der Waals surface area contributed by atoms with Crippen molar-refractivity contribution in [2.75, 3.05) is 17.3 Å². The number of benzene rings is 1. The van der Waals surface area contributed by atoms with E-state index in [1.54, 1.807) is 18.6 Å². The molecule has 3 rings (SSSR count). The first kappa shape index (κ1) is 14.0. The number of rotatable bonds is 5. The Morgan fingerprint density at radius 2 is 1.73 bits per heavy atom. The summed E-state index contributed by atoms with van der Waals surface area (Å²) < 4.78 is 0. The lowest BCUT2D eigenvalue weighted by Gasteiger charge is -2.18. The van der Waals surface area contributed by atoms with Crippen molar-refractivity contribution in [2.45, 2.75) is 6.54 Å². The summed E-state index contributed by atoms with van der Waals surface area (Å²) in [5.74, 6) is 1.45. The quantitative estimate of drug-likeness (QED) is 0.782. The van der Waals surface area contributed by atoms with Gasteiger partial charge in [-0.15, -0.1) is 0 Å². The average Bonchev–Trinajstić information content (AvgIpc) is 2.61. The van der Waals surface area contributed by atoms with Crippen molar-refractivity contribution in [2.24, 2.45) is 0 Å². The number of hydrogen-bond acceptors (Lipinski definition) is 5. The van der Waals surface area contributed by atoms with E-state index in [0.717, 1.165) is 17.1 Å². The Kier molecular flexibility index (Phi) is 4.25. The van der Waals surface area contributed by atoms with Crippen LogP contribution in [0.1, 0.15) is 5.56 Å².